The molecular formula is C26H36N2O5S. The maximum absolute atomic E-state index is 12.9. The molecule has 0 aliphatic carbocycles. The summed E-state index contributed by atoms with van der Waals surface area (Å²) in [6.45, 7) is 1.78. The van der Waals surface area contributed by atoms with Gasteiger partial charge in [0.05, 0.1) is 19.1 Å². The van der Waals surface area contributed by atoms with Crippen molar-refractivity contribution in [2.75, 3.05) is 40.9 Å². The lowest BCUT2D eigenvalue weighted by atomic mass is 10.1. The van der Waals surface area contributed by atoms with Crippen LogP contribution in [-0.2, 0) is 27.7 Å². The van der Waals surface area contributed by atoms with Crippen molar-refractivity contribution in [1.29, 1.82) is 0 Å². The summed E-state index contributed by atoms with van der Waals surface area (Å²) >= 11 is 0. The van der Waals surface area contributed by atoms with Gasteiger partial charge in [-0.05, 0) is 61.1 Å². The molecule has 1 aliphatic heterocycles. The molecule has 2 aromatic carbocycles. The molecule has 1 heterocycles. The molecule has 1 aliphatic rings. The molecule has 8 heteroatoms. The van der Waals surface area contributed by atoms with Crippen LogP contribution < -0.4 is 9.47 Å². The van der Waals surface area contributed by atoms with Crippen LogP contribution in [0.4, 0.5) is 0 Å². The van der Waals surface area contributed by atoms with E-state index in [1.165, 1.54) is 0 Å². The van der Waals surface area contributed by atoms with Crippen molar-refractivity contribution < 1.29 is 22.7 Å². The standard InChI is InChI=1S/C26H36N2O5S/c1-27(19-16-22-10-14-24(32-2)25(20-22)33-3)26(29)15-11-21-8-12-23(13-9-21)34(30,31)28-17-6-4-5-7-18-28/h8-10,12-14,20H,4-7,11,15-19H2,1-3H3. The first-order valence-electron chi connectivity index (χ1n) is 11.9. The van der Waals surface area contributed by atoms with E-state index in [0.717, 1.165) is 36.8 Å². The first kappa shape index (κ1) is 26.0. The van der Waals surface area contributed by atoms with Crippen LogP contribution in [0.15, 0.2) is 47.4 Å². The summed E-state index contributed by atoms with van der Waals surface area (Å²) in [6.07, 6.45) is 5.66. The highest BCUT2D eigenvalue weighted by Gasteiger charge is 2.25. The van der Waals surface area contributed by atoms with Crippen LogP contribution in [0.25, 0.3) is 0 Å². The van der Waals surface area contributed by atoms with Crippen molar-refractivity contribution in [2.24, 2.45) is 0 Å². The Morgan fingerprint density at radius 2 is 1.50 bits per heavy atom. The molecule has 0 bridgehead atoms. The van der Waals surface area contributed by atoms with Gasteiger partial charge in [-0.3, -0.25) is 4.79 Å². The molecule has 186 valence electrons. The van der Waals surface area contributed by atoms with Gasteiger partial charge in [0.25, 0.3) is 0 Å². The number of carbonyl (C=O) groups excluding carboxylic acids is 1. The smallest absolute Gasteiger partial charge is 0.243 e. The number of carbonyl (C=O) groups is 1. The normalized spacial score (nSPS) is 14.9. The van der Waals surface area contributed by atoms with E-state index in [1.54, 1.807) is 42.6 Å². The zero-order valence-electron chi connectivity index (χ0n) is 20.5. The Balaban J connectivity index is 1.50. The van der Waals surface area contributed by atoms with Crippen LogP contribution in [0.2, 0.25) is 0 Å². The Kier molecular flexibility index (Phi) is 9.36. The number of amides is 1. The van der Waals surface area contributed by atoms with Crippen LogP contribution >= 0.6 is 0 Å². The van der Waals surface area contributed by atoms with Gasteiger partial charge in [0.15, 0.2) is 11.5 Å². The number of sulfonamides is 1. The molecule has 7 nitrogen and oxygen atoms in total. The van der Waals surface area contributed by atoms with Gasteiger partial charge >= 0.3 is 0 Å². The van der Waals surface area contributed by atoms with Gasteiger partial charge in [0.1, 0.15) is 0 Å². The van der Waals surface area contributed by atoms with Gasteiger partial charge in [0.2, 0.25) is 15.9 Å². The summed E-state index contributed by atoms with van der Waals surface area (Å²) in [5, 5.41) is 0. The molecule has 3 rings (SSSR count). The Hall–Kier alpha value is -2.58. The maximum atomic E-state index is 12.9. The number of methoxy groups -OCH3 is 2. The van der Waals surface area contributed by atoms with Crippen LogP contribution in [0.5, 0.6) is 11.5 Å². The first-order chi connectivity index (χ1) is 16.3. The molecule has 1 fully saturated rings. The SMILES string of the molecule is COc1ccc(CCN(C)C(=O)CCc2ccc(S(=O)(=O)N3CCCCCC3)cc2)cc1OC. The summed E-state index contributed by atoms with van der Waals surface area (Å²) in [5.74, 6) is 1.41. The van der Waals surface area contributed by atoms with Gasteiger partial charge in [-0.15, -0.1) is 0 Å². The molecular weight excluding hydrogens is 452 g/mol. The molecule has 0 radical (unpaired) electrons. The summed E-state index contributed by atoms with van der Waals surface area (Å²) < 4.78 is 38.1. The highest BCUT2D eigenvalue weighted by atomic mass is 32.2. The number of rotatable bonds is 10. The third-order valence-corrected chi connectivity index (χ3v) is 8.28. The fourth-order valence-corrected chi connectivity index (χ4v) is 5.68. The third-order valence-electron chi connectivity index (χ3n) is 6.36. The third kappa shape index (κ3) is 6.73. The molecule has 0 saturated carbocycles. The number of benzene rings is 2. The van der Waals surface area contributed by atoms with E-state index >= 15 is 0 Å². The number of aryl methyl sites for hydroxylation is 1. The van der Waals surface area contributed by atoms with Crippen molar-refractivity contribution in [3.8, 4) is 11.5 Å². The fraction of sp³-hybridized carbons (Fsp3) is 0.500. The van der Waals surface area contributed by atoms with Gasteiger partial charge < -0.3 is 14.4 Å². The Labute approximate surface area is 203 Å². The number of hydrogen-bond acceptors (Lipinski definition) is 5. The topological polar surface area (TPSA) is 76.2 Å². The van der Waals surface area contributed by atoms with Crippen molar-refractivity contribution in [2.45, 2.75) is 49.8 Å². The number of ether oxygens (including phenoxy) is 2. The van der Waals surface area contributed by atoms with Crippen LogP contribution in [-0.4, -0.2) is 64.4 Å². The lowest BCUT2D eigenvalue weighted by Gasteiger charge is -2.20. The highest BCUT2D eigenvalue weighted by Crippen LogP contribution is 2.27. The van der Waals surface area contributed by atoms with E-state index < -0.39 is 10.0 Å². The van der Waals surface area contributed by atoms with Crippen LogP contribution in [0, 0.1) is 0 Å². The zero-order chi connectivity index (χ0) is 24.6. The highest BCUT2D eigenvalue weighted by molar-refractivity contribution is 7.89. The largest absolute Gasteiger partial charge is 0.493 e. The Morgan fingerprint density at radius 1 is 0.882 bits per heavy atom. The maximum Gasteiger partial charge on any atom is 0.243 e. The molecule has 2 aromatic rings. The number of hydrogen-bond donors (Lipinski definition) is 0. The van der Waals surface area contributed by atoms with Gasteiger partial charge in [0, 0.05) is 33.1 Å². The van der Waals surface area contributed by atoms with Gasteiger partial charge in [-0.25, -0.2) is 8.42 Å². The molecule has 1 amide bonds. The second kappa shape index (κ2) is 12.2. The quantitative estimate of drug-likeness (QED) is 0.507. The predicted molar refractivity (Wildman–Crippen MR) is 133 cm³/mol. The van der Waals surface area contributed by atoms with Crippen molar-refractivity contribution in [3.05, 3.63) is 53.6 Å². The summed E-state index contributed by atoms with van der Waals surface area (Å²) in [7, 11) is 1.57. The van der Waals surface area contributed by atoms with Gasteiger partial charge in [-0.2, -0.15) is 4.31 Å². The lowest BCUT2D eigenvalue weighted by molar-refractivity contribution is -0.129. The zero-order valence-corrected chi connectivity index (χ0v) is 21.3. The summed E-state index contributed by atoms with van der Waals surface area (Å²) in [6, 6.07) is 12.7. The average molecular weight is 489 g/mol. The Bertz CT molecular complexity index is 1050. The van der Waals surface area contributed by atoms with E-state index in [4.69, 9.17) is 9.47 Å². The molecule has 1 saturated heterocycles. The molecule has 0 unspecified atom stereocenters. The summed E-state index contributed by atoms with van der Waals surface area (Å²) in [5.41, 5.74) is 2.02. The molecule has 0 aromatic heterocycles. The van der Waals surface area contributed by atoms with E-state index in [2.05, 4.69) is 0 Å². The van der Waals surface area contributed by atoms with E-state index in [-0.39, 0.29) is 5.91 Å². The number of nitrogens with zero attached hydrogens (tertiary/aromatic N) is 2. The van der Waals surface area contributed by atoms with E-state index in [9.17, 15) is 13.2 Å². The van der Waals surface area contributed by atoms with Crippen molar-refractivity contribution in [3.63, 3.8) is 0 Å². The van der Waals surface area contributed by atoms with Gasteiger partial charge in [-0.1, -0.05) is 31.0 Å². The first-order valence-corrected chi connectivity index (χ1v) is 13.3. The Morgan fingerprint density at radius 3 is 2.12 bits per heavy atom. The fourth-order valence-electron chi connectivity index (χ4n) is 4.16. The predicted octanol–water partition coefficient (Wildman–Crippen LogP) is 3.90. The number of likely N-dealkylation sites (N-methyl/N-ethyl adjacent to an activating group) is 1. The van der Waals surface area contributed by atoms with E-state index in [0.29, 0.717) is 55.3 Å². The molecule has 0 atom stereocenters. The lowest BCUT2D eigenvalue weighted by Crippen LogP contribution is -2.31. The van der Waals surface area contributed by atoms with Crippen LogP contribution in [0.3, 0.4) is 0 Å². The molecule has 0 spiro atoms. The second-order valence-electron chi connectivity index (χ2n) is 8.72. The molecule has 34 heavy (non-hydrogen) atoms. The minimum absolute atomic E-state index is 0.0572. The minimum atomic E-state index is -3.45. The average Bonchev–Trinajstić information content (AvgIpc) is 3.16. The minimum Gasteiger partial charge on any atom is -0.493 e. The van der Waals surface area contributed by atoms with E-state index in [1.807, 2.05) is 30.3 Å². The second-order valence-corrected chi connectivity index (χ2v) is 10.7. The van der Waals surface area contributed by atoms with Crippen LogP contribution in [0.1, 0.15) is 43.2 Å². The van der Waals surface area contributed by atoms with Crippen molar-refractivity contribution >= 4 is 15.9 Å². The summed E-state index contributed by atoms with van der Waals surface area (Å²) in [4.78, 5) is 14.7. The van der Waals surface area contributed by atoms with Crippen molar-refractivity contribution in [1.82, 2.24) is 9.21 Å². The molecule has 0 N–H and O–H groups in total. The monoisotopic (exact) mass is 488 g/mol.